The van der Waals surface area contributed by atoms with Crippen molar-refractivity contribution in [3.63, 3.8) is 0 Å². The van der Waals surface area contributed by atoms with Crippen molar-refractivity contribution in [2.45, 2.75) is 0 Å². The number of nitrogens with one attached hydrogen (secondary N) is 1. The molecule has 0 fully saturated rings. The van der Waals surface area contributed by atoms with Gasteiger partial charge in [0.2, 0.25) is 0 Å². The summed E-state index contributed by atoms with van der Waals surface area (Å²) in [5, 5.41) is 0. The Morgan fingerprint density at radius 3 is 3.00 bits per heavy atom. The van der Waals surface area contributed by atoms with Crippen molar-refractivity contribution in [2.24, 2.45) is 0 Å². The molecule has 0 aliphatic carbocycles. The first kappa shape index (κ1) is 3.85. The molecule has 1 rings (SSSR count). The molecule has 0 saturated carbocycles. The maximum Gasteiger partial charge on any atom is 0.0494 e. The minimum atomic E-state index is 1.04. The Morgan fingerprint density at radius 1 is 1.83 bits per heavy atom. The zero-order valence-electron chi connectivity index (χ0n) is 3.27. The summed E-state index contributed by atoms with van der Waals surface area (Å²) in [6.45, 7) is 0. The Bertz CT molecular complexity index is 83.7. The van der Waals surface area contributed by atoms with Crippen LogP contribution in [-0.2, 0) is 0 Å². The molecule has 0 atom stereocenters. The van der Waals surface area contributed by atoms with Crippen molar-refractivity contribution in [3.8, 4) is 0 Å². The first-order chi connectivity index (χ1) is 3.00. The van der Waals surface area contributed by atoms with Gasteiger partial charge in [-0.25, -0.2) is 0 Å². The van der Waals surface area contributed by atoms with Crippen molar-refractivity contribution in [1.29, 1.82) is 0 Å². The van der Waals surface area contributed by atoms with E-state index in [1.54, 1.807) is 18.1 Å². The van der Waals surface area contributed by atoms with E-state index in [0.29, 0.717) is 0 Å². The summed E-state index contributed by atoms with van der Waals surface area (Å²) in [5.74, 6) is 1.04. The van der Waals surface area contributed by atoms with E-state index in [2.05, 4.69) is 10.5 Å². The standard InChI is InChI=1S/C4H5NS/c1-2-4-6-5-3-1/h2-3,5H,4H2. The molecule has 32 valence electrons. The second-order valence-corrected chi connectivity index (χ2v) is 1.80. The van der Waals surface area contributed by atoms with Gasteiger partial charge in [0.15, 0.2) is 0 Å². The lowest BCUT2D eigenvalue weighted by molar-refractivity contribution is 1.39. The Balaban J connectivity index is 2.53. The van der Waals surface area contributed by atoms with Gasteiger partial charge in [-0.15, -0.1) is 5.73 Å². The summed E-state index contributed by atoms with van der Waals surface area (Å²) in [7, 11) is 0. The molecule has 1 N–H and O–H groups in total. The lowest BCUT2D eigenvalue weighted by atomic mass is 10.7. The minimum absolute atomic E-state index is 1.04. The fourth-order valence-electron chi connectivity index (χ4n) is 0.273. The highest BCUT2D eigenvalue weighted by molar-refractivity contribution is 7.97. The SMILES string of the molecule is C1=CCSNC=1. The van der Waals surface area contributed by atoms with Crippen LogP contribution < -0.4 is 4.72 Å². The van der Waals surface area contributed by atoms with E-state index in [9.17, 15) is 0 Å². The Kier molecular flexibility index (Phi) is 1.25. The van der Waals surface area contributed by atoms with Gasteiger partial charge in [0.1, 0.15) is 0 Å². The molecule has 2 heteroatoms. The molecule has 0 aromatic rings. The van der Waals surface area contributed by atoms with Gasteiger partial charge in [-0.05, 0) is 18.0 Å². The van der Waals surface area contributed by atoms with Crippen molar-refractivity contribution in [3.05, 3.63) is 18.0 Å². The summed E-state index contributed by atoms with van der Waals surface area (Å²) in [4.78, 5) is 0. The largest absolute Gasteiger partial charge is 0.329 e. The number of hydrogen-bond donors (Lipinski definition) is 1. The second-order valence-electron chi connectivity index (χ2n) is 0.944. The first-order valence-electron chi connectivity index (χ1n) is 1.77. The molecule has 0 saturated heterocycles. The maximum absolute atomic E-state index is 2.93. The van der Waals surface area contributed by atoms with Gasteiger partial charge in [-0.3, -0.25) is 0 Å². The molecule has 0 aromatic heterocycles. The summed E-state index contributed by atoms with van der Waals surface area (Å²) in [6, 6.07) is 0. The summed E-state index contributed by atoms with van der Waals surface area (Å²) < 4.78 is 2.93. The molecule has 1 heterocycles. The molecule has 0 spiro atoms. The smallest absolute Gasteiger partial charge is 0.0494 e. The molecule has 1 aliphatic rings. The maximum atomic E-state index is 2.93. The highest BCUT2D eigenvalue weighted by Crippen LogP contribution is 1.94. The van der Waals surface area contributed by atoms with Gasteiger partial charge < -0.3 is 4.72 Å². The molecule has 0 radical (unpaired) electrons. The molecule has 1 nitrogen and oxygen atoms in total. The van der Waals surface area contributed by atoms with Crippen molar-refractivity contribution < 1.29 is 0 Å². The molecule has 0 unspecified atom stereocenters. The van der Waals surface area contributed by atoms with Crippen LogP contribution in [0.4, 0.5) is 0 Å². The van der Waals surface area contributed by atoms with Crippen LogP contribution in [0.3, 0.4) is 0 Å². The van der Waals surface area contributed by atoms with Crippen molar-refractivity contribution in [1.82, 2.24) is 4.72 Å². The van der Waals surface area contributed by atoms with Crippen LogP contribution in [0.1, 0.15) is 0 Å². The highest BCUT2D eigenvalue weighted by Gasteiger charge is 1.78. The third-order valence-corrected chi connectivity index (χ3v) is 1.13. The van der Waals surface area contributed by atoms with E-state index in [1.807, 2.05) is 6.08 Å². The second kappa shape index (κ2) is 1.96. The van der Waals surface area contributed by atoms with Crippen LogP contribution >= 0.6 is 11.9 Å². The lowest BCUT2D eigenvalue weighted by Crippen LogP contribution is -1.92. The van der Waals surface area contributed by atoms with Gasteiger partial charge in [0.25, 0.3) is 0 Å². The zero-order chi connectivity index (χ0) is 4.24. The summed E-state index contributed by atoms with van der Waals surface area (Å²) in [5.41, 5.74) is 2.90. The fourth-order valence-corrected chi connectivity index (χ4v) is 0.700. The minimum Gasteiger partial charge on any atom is -0.329 e. The highest BCUT2D eigenvalue weighted by atomic mass is 32.2. The average Bonchev–Trinajstić information content (AvgIpc) is 1.72. The van der Waals surface area contributed by atoms with E-state index in [1.165, 1.54) is 0 Å². The quantitative estimate of drug-likeness (QED) is 0.358. The lowest BCUT2D eigenvalue weighted by Gasteiger charge is -1.94. The van der Waals surface area contributed by atoms with E-state index in [0.717, 1.165) is 5.75 Å². The first-order valence-corrected chi connectivity index (χ1v) is 2.75. The van der Waals surface area contributed by atoms with Crippen LogP contribution in [-0.4, -0.2) is 5.75 Å². The van der Waals surface area contributed by atoms with Gasteiger partial charge in [0, 0.05) is 12.0 Å². The van der Waals surface area contributed by atoms with Gasteiger partial charge in [-0.2, -0.15) is 0 Å². The van der Waals surface area contributed by atoms with E-state index >= 15 is 0 Å². The monoisotopic (exact) mass is 99.0 g/mol. The average molecular weight is 99.2 g/mol. The van der Waals surface area contributed by atoms with Crippen LogP contribution in [0.25, 0.3) is 0 Å². The third kappa shape index (κ3) is 0.814. The van der Waals surface area contributed by atoms with Crippen LogP contribution in [0.5, 0.6) is 0 Å². The van der Waals surface area contributed by atoms with Crippen molar-refractivity contribution >= 4 is 11.9 Å². The molecule has 0 aromatic carbocycles. The Morgan fingerprint density at radius 2 is 2.83 bits per heavy atom. The van der Waals surface area contributed by atoms with E-state index in [4.69, 9.17) is 0 Å². The third-order valence-electron chi connectivity index (χ3n) is 0.510. The van der Waals surface area contributed by atoms with Crippen LogP contribution in [0.2, 0.25) is 0 Å². The predicted octanol–water partition coefficient (Wildman–Crippen LogP) is 0.907. The summed E-state index contributed by atoms with van der Waals surface area (Å²) in [6.07, 6.45) is 3.79. The van der Waals surface area contributed by atoms with Crippen molar-refractivity contribution in [2.75, 3.05) is 5.75 Å². The normalized spacial score (nSPS) is 17.3. The Hall–Kier alpha value is -0.330. The number of hydrogen-bond acceptors (Lipinski definition) is 2. The molecule has 0 amide bonds. The van der Waals surface area contributed by atoms with Gasteiger partial charge >= 0.3 is 0 Å². The molecular formula is C4H5NS. The Labute approximate surface area is 41.3 Å². The molecule has 6 heavy (non-hydrogen) atoms. The molecule has 0 bridgehead atoms. The zero-order valence-corrected chi connectivity index (χ0v) is 4.09. The van der Waals surface area contributed by atoms with Crippen LogP contribution in [0, 0.1) is 0 Å². The molecular weight excluding hydrogens is 94.1 g/mol. The topological polar surface area (TPSA) is 12.0 Å². The van der Waals surface area contributed by atoms with Gasteiger partial charge in [-0.1, -0.05) is 0 Å². The van der Waals surface area contributed by atoms with E-state index < -0.39 is 0 Å². The summed E-state index contributed by atoms with van der Waals surface area (Å²) >= 11 is 1.67. The fraction of sp³-hybridized carbons (Fsp3) is 0.250. The van der Waals surface area contributed by atoms with E-state index in [-0.39, 0.29) is 0 Å². The predicted molar refractivity (Wildman–Crippen MR) is 28.2 cm³/mol. The van der Waals surface area contributed by atoms with Crippen LogP contribution in [0.15, 0.2) is 18.0 Å². The van der Waals surface area contributed by atoms with Gasteiger partial charge in [0.05, 0.1) is 0 Å². The number of rotatable bonds is 0. The molecule has 1 aliphatic heterocycles.